The van der Waals surface area contributed by atoms with Gasteiger partial charge >= 0.3 is 0 Å². The molecule has 0 fully saturated rings. The number of anilines is 1. The number of nitro groups is 1. The average molecular weight is 275 g/mol. The Labute approximate surface area is 112 Å². The second-order valence-corrected chi connectivity index (χ2v) is 4.12. The van der Waals surface area contributed by atoms with E-state index in [0.29, 0.717) is 5.95 Å². The van der Waals surface area contributed by atoms with Gasteiger partial charge < -0.3 is 9.73 Å². The van der Waals surface area contributed by atoms with Crippen molar-refractivity contribution >= 4 is 11.7 Å². The van der Waals surface area contributed by atoms with E-state index >= 15 is 0 Å². The molecule has 3 rings (SSSR count). The van der Waals surface area contributed by atoms with E-state index in [-0.39, 0.29) is 23.7 Å². The van der Waals surface area contributed by atoms with Gasteiger partial charge in [0.05, 0.1) is 17.4 Å². The lowest BCUT2D eigenvalue weighted by Crippen LogP contribution is -2.26. The summed E-state index contributed by atoms with van der Waals surface area (Å²) in [5.74, 6) is 0.178. The summed E-state index contributed by atoms with van der Waals surface area (Å²) < 4.78 is 6.32. The summed E-state index contributed by atoms with van der Waals surface area (Å²) in [7, 11) is 0. The lowest BCUT2D eigenvalue weighted by Gasteiger charge is -2.19. The van der Waals surface area contributed by atoms with Gasteiger partial charge in [-0.3, -0.25) is 14.9 Å². The zero-order valence-electron chi connectivity index (χ0n) is 10.1. The quantitative estimate of drug-likeness (QED) is 0.506. The molecule has 1 aliphatic heterocycles. The minimum Gasteiger partial charge on any atom is -0.461 e. The molecular weight excluding hydrogens is 266 g/mol. The normalized spacial score (nSPS) is 17.0. The van der Waals surface area contributed by atoms with E-state index < -0.39 is 11.0 Å². The first-order valence-electron chi connectivity index (χ1n) is 5.74. The number of allylic oxidation sites excluding steroid dienone is 1. The summed E-state index contributed by atoms with van der Waals surface area (Å²) in [6.07, 6.45) is 3.74. The molecule has 2 aromatic rings. The molecule has 0 amide bonds. The Kier molecular flexibility index (Phi) is 2.78. The monoisotopic (exact) mass is 275 g/mol. The molecule has 1 atom stereocenters. The Hall–Kier alpha value is -2.97. The zero-order chi connectivity index (χ0) is 14.1. The third-order valence-corrected chi connectivity index (χ3v) is 2.94. The molecular formula is C11H9N5O4. The van der Waals surface area contributed by atoms with Crippen LogP contribution in [0.1, 0.15) is 23.0 Å². The Balaban J connectivity index is 1.92. The van der Waals surface area contributed by atoms with Crippen molar-refractivity contribution in [3.8, 4) is 0 Å². The summed E-state index contributed by atoms with van der Waals surface area (Å²) in [6.45, 7) is 0. The lowest BCUT2D eigenvalue weighted by atomic mass is 10.1. The lowest BCUT2D eigenvalue weighted by molar-refractivity contribution is -0.433. The fourth-order valence-electron chi connectivity index (χ4n) is 2.02. The van der Waals surface area contributed by atoms with Crippen molar-refractivity contribution < 1.29 is 14.1 Å². The van der Waals surface area contributed by atoms with Gasteiger partial charge in [0.1, 0.15) is 6.33 Å². The number of hydrogen-bond acceptors (Lipinski definition) is 7. The van der Waals surface area contributed by atoms with Gasteiger partial charge in [0.15, 0.2) is 11.8 Å². The molecule has 9 nitrogen and oxygen atoms in total. The maximum Gasteiger partial charge on any atom is 0.287 e. The SMILES string of the molecule is O=C(CC1C([N+](=O)[O-])=CNc2ncnn21)c1ccco1. The van der Waals surface area contributed by atoms with E-state index in [4.69, 9.17) is 4.42 Å². The molecule has 0 saturated heterocycles. The van der Waals surface area contributed by atoms with Crippen LogP contribution in [0.15, 0.2) is 41.0 Å². The smallest absolute Gasteiger partial charge is 0.287 e. The van der Waals surface area contributed by atoms with E-state index in [0.717, 1.165) is 0 Å². The van der Waals surface area contributed by atoms with E-state index in [1.807, 2.05) is 0 Å². The van der Waals surface area contributed by atoms with Crippen molar-refractivity contribution in [3.05, 3.63) is 52.5 Å². The summed E-state index contributed by atoms with van der Waals surface area (Å²) in [5, 5.41) is 17.6. The van der Waals surface area contributed by atoms with Crippen LogP contribution in [0.5, 0.6) is 0 Å². The van der Waals surface area contributed by atoms with Gasteiger partial charge in [-0.15, -0.1) is 0 Å². The molecule has 1 aliphatic rings. The minimum atomic E-state index is -0.818. The van der Waals surface area contributed by atoms with E-state index in [2.05, 4.69) is 15.4 Å². The number of furan rings is 1. The van der Waals surface area contributed by atoms with Crippen molar-refractivity contribution in [1.82, 2.24) is 14.8 Å². The molecule has 0 aromatic carbocycles. The number of carbonyl (C=O) groups excluding carboxylic acids is 1. The molecule has 1 unspecified atom stereocenters. The van der Waals surface area contributed by atoms with E-state index in [9.17, 15) is 14.9 Å². The second kappa shape index (κ2) is 4.61. The van der Waals surface area contributed by atoms with Crippen molar-refractivity contribution in [2.45, 2.75) is 12.5 Å². The first-order valence-corrected chi connectivity index (χ1v) is 5.74. The van der Waals surface area contributed by atoms with Crippen LogP contribution in [0.4, 0.5) is 5.95 Å². The number of nitrogens with zero attached hydrogens (tertiary/aromatic N) is 4. The fourth-order valence-corrected chi connectivity index (χ4v) is 2.02. The molecule has 20 heavy (non-hydrogen) atoms. The summed E-state index contributed by atoms with van der Waals surface area (Å²) >= 11 is 0. The predicted octanol–water partition coefficient (Wildman–Crippen LogP) is 1.23. The number of ketones is 1. The molecule has 2 aromatic heterocycles. The van der Waals surface area contributed by atoms with Crippen LogP contribution in [0.3, 0.4) is 0 Å². The third kappa shape index (κ3) is 1.94. The van der Waals surface area contributed by atoms with E-state index in [1.165, 1.54) is 29.5 Å². The molecule has 102 valence electrons. The van der Waals surface area contributed by atoms with Crippen LogP contribution in [0, 0.1) is 10.1 Å². The standard InChI is InChI=1S/C11H9N5O4/c17-9(10-2-1-3-20-10)4-7-8(16(18)19)5-12-11-13-6-14-15(7)11/h1-3,5-7H,4H2,(H,12,13,14). The van der Waals surface area contributed by atoms with Gasteiger partial charge in [0.25, 0.3) is 5.70 Å². The molecule has 0 spiro atoms. The van der Waals surface area contributed by atoms with Crippen LogP contribution in [0.25, 0.3) is 0 Å². The summed E-state index contributed by atoms with van der Waals surface area (Å²) in [5.41, 5.74) is -0.150. The summed E-state index contributed by atoms with van der Waals surface area (Å²) in [4.78, 5) is 26.5. The Morgan fingerprint density at radius 3 is 3.15 bits per heavy atom. The third-order valence-electron chi connectivity index (χ3n) is 2.94. The van der Waals surface area contributed by atoms with E-state index in [1.54, 1.807) is 6.07 Å². The van der Waals surface area contributed by atoms with Gasteiger partial charge in [-0.25, -0.2) is 4.68 Å². The van der Waals surface area contributed by atoms with Gasteiger partial charge in [-0.05, 0) is 12.1 Å². The number of fused-ring (bicyclic) bond motifs is 1. The Morgan fingerprint density at radius 1 is 1.60 bits per heavy atom. The minimum absolute atomic E-state index is 0.127. The molecule has 0 bridgehead atoms. The van der Waals surface area contributed by atoms with Gasteiger partial charge in [-0.2, -0.15) is 10.1 Å². The topological polar surface area (TPSA) is 116 Å². The molecule has 3 heterocycles. The number of carbonyl (C=O) groups is 1. The average Bonchev–Trinajstić information content (AvgIpc) is 3.10. The highest BCUT2D eigenvalue weighted by Crippen LogP contribution is 2.29. The van der Waals surface area contributed by atoms with Crippen LogP contribution in [0.2, 0.25) is 0 Å². The number of hydrogen-bond donors (Lipinski definition) is 1. The van der Waals surface area contributed by atoms with Crippen molar-refractivity contribution in [3.63, 3.8) is 0 Å². The Bertz CT molecular complexity index is 687. The van der Waals surface area contributed by atoms with Gasteiger partial charge in [0, 0.05) is 6.42 Å². The highest BCUT2D eigenvalue weighted by Gasteiger charge is 2.35. The molecule has 0 radical (unpaired) electrons. The highest BCUT2D eigenvalue weighted by atomic mass is 16.6. The zero-order valence-corrected chi connectivity index (χ0v) is 10.1. The Morgan fingerprint density at radius 2 is 2.45 bits per heavy atom. The number of aromatic nitrogens is 3. The van der Waals surface area contributed by atoms with Crippen molar-refractivity contribution in [1.29, 1.82) is 0 Å². The van der Waals surface area contributed by atoms with Crippen LogP contribution >= 0.6 is 0 Å². The number of rotatable bonds is 4. The first kappa shape index (κ1) is 12.1. The number of nitrogens with one attached hydrogen (secondary N) is 1. The van der Waals surface area contributed by atoms with Gasteiger partial charge in [-0.1, -0.05) is 0 Å². The maximum absolute atomic E-state index is 12.0. The molecule has 0 saturated carbocycles. The first-order chi connectivity index (χ1) is 9.66. The van der Waals surface area contributed by atoms with Crippen LogP contribution < -0.4 is 5.32 Å². The van der Waals surface area contributed by atoms with Crippen LogP contribution in [-0.4, -0.2) is 25.5 Å². The number of Topliss-reactive ketones (excluding diaryl/α,β-unsaturated/α-hetero) is 1. The molecule has 9 heteroatoms. The fraction of sp³-hybridized carbons (Fsp3) is 0.182. The molecule has 0 aliphatic carbocycles. The van der Waals surface area contributed by atoms with Gasteiger partial charge in [0.2, 0.25) is 11.7 Å². The molecule has 1 N–H and O–H groups in total. The van der Waals surface area contributed by atoms with Crippen LogP contribution in [-0.2, 0) is 0 Å². The highest BCUT2D eigenvalue weighted by molar-refractivity contribution is 5.93. The largest absolute Gasteiger partial charge is 0.461 e. The van der Waals surface area contributed by atoms with Crippen molar-refractivity contribution in [2.24, 2.45) is 0 Å². The van der Waals surface area contributed by atoms with Crippen molar-refractivity contribution in [2.75, 3.05) is 5.32 Å². The second-order valence-electron chi connectivity index (χ2n) is 4.12. The maximum atomic E-state index is 12.0. The predicted molar refractivity (Wildman–Crippen MR) is 65.4 cm³/mol. The summed E-state index contributed by atoms with van der Waals surface area (Å²) in [6, 6.07) is 2.28.